The van der Waals surface area contributed by atoms with Crippen molar-refractivity contribution in [3.05, 3.63) is 11.5 Å². The summed E-state index contributed by atoms with van der Waals surface area (Å²) in [6, 6.07) is -1.51. The van der Waals surface area contributed by atoms with Crippen molar-refractivity contribution in [2.75, 3.05) is 6.26 Å². The molecule has 20 heavy (non-hydrogen) atoms. The Balaban J connectivity index is 4.87. The summed E-state index contributed by atoms with van der Waals surface area (Å²) < 4.78 is 63.6. The average Bonchev–Trinajstić information content (AvgIpc) is 2.06. The molecule has 0 unspecified atom stereocenters. The minimum Gasteiger partial charge on any atom is -0.444 e. The molecule has 0 fully saturated rings. The third-order valence-corrected chi connectivity index (χ3v) is 2.36. The molecule has 0 bridgehead atoms. The van der Waals surface area contributed by atoms with Crippen molar-refractivity contribution in [1.82, 2.24) is 5.32 Å². The summed E-state index contributed by atoms with van der Waals surface area (Å²) in [7, 11) is -3.59. The number of sulfone groups is 1. The lowest BCUT2D eigenvalue weighted by molar-refractivity contribution is -0.137. The standard InChI is InChI=1S/C11H18F3NO4S/c1-10(2,3)19-9(16)15-8(7-11(12,13)14)5-6-20(4,17)18/h5-6,8H,7H2,1-4H3,(H,15,16)/b6-5-/t8-/m0/s1. The van der Waals surface area contributed by atoms with Crippen LogP contribution in [0.2, 0.25) is 0 Å². The van der Waals surface area contributed by atoms with Crippen LogP contribution in [0.25, 0.3) is 0 Å². The number of alkyl carbamates (subject to hydrolysis) is 1. The number of halogens is 3. The van der Waals surface area contributed by atoms with Gasteiger partial charge in [0.2, 0.25) is 0 Å². The van der Waals surface area contributed by atoms with E-state index in [1.165, 1.54) is 0 Å². The Morgan fingerprint density at radius 1 is 1.30 bits per heavy atom. The highest BCUT2D eigenvalue weighted by atomic mass is 32.2. The topological polar surface area (TPSA) is 72.5 Å². The smallest absolute Gasteiger partial charge is 0.408 e. The van der Waals surface area contributed by atoms with Gasteiger partial charge >= 0.3 is 12.3 Å². The maximum Gasteiger partial charge on any atom is 0.408 e. The van der Waals surface area contributed by atoms with Crippen molar-refractivity contribution >= 4 is 15.9 Å². The Morgan fingerprint density at radius 3 is 2.15 bits per heavy atom. The highest BCUT2D eigenvalue weighted by Crippen LogP contribution is 2.22. The van der Waals surface area contributed by atoms with Crippen molar-refractivity contribution in [2.24, 2.45) is 0 Å². The predicted octanol–water partition coefficient (Wildman–Crippen LogP) is 2.39. The van der Waals surface area contributed by atoms with Crippen molar-refractivity contribution in [3.8, 4) is 0 Å². The first kappa shape index (κ1) is 18.8. The van der Waals surface area contributed by atoms with Gasteiger partial charge in [0.15, 0.2) is 9.84 Å². The van der Waals surface area contributed by atoms with Crippen molar-refractivity contribution in [2.45, 2.75) is 45.0 Å². The van der Waals surface area contributed by atoms with Crippen LogP contribution in [0.3, 0.4) is 0 Å². The van der Waals surface area contributed by atoms with Gasteiger partial charge in [0.1, 0.15) is 5.60 Å². The number of hydrogen-bond donors (Lipinski definition) is 1. The van der Waals surface area contributed by atoms with Crippen LogP contribution in [0, 0.1) is 0 Å². The van der Waals surface area contributed by atoms with Crippen LogP contribution in [0.4, 0.5) is 18.0 Å². The van der Waals surface area contributed by atoms with Crippen LogP contribution in [0.5, 0.6) is 0 Å². The zero-order chi connectivity index (χ0) is 16.2. The van der Waals surface area contributed by atoms with Gasteiger partial charge in [-0.15, -0.1) is 0 Å². The van der Waals surface area contributed by atoms with Gasteiger partial charge in [0.05, 0.1) is 12.5 Å². The second kappa shape index (κ2) is 6.47. The molecule has 118 valence electrons. The summed E-state index contributed by atoms with van der Waals surface area (Å²) in [5.74, 6) is 0. The fraction of sp³-hybridized carbons (Fsp3) is 0.727. The third kappa shape index (κ3) is 11.8. The minimum atomic E-state index is -4.55. The average molecular weight is 317 g/mol. The van der Waals surface area contributed by atoms with Crippen LogP contribution in [-0.2, 0) is 14.6 Å². The van der Waals surface area contributed by atoms with Gasteiger partial charge in [-0.25, -0.2) is 13.2 Å². The predicted molar refractivity (Wildman–Crippen MR) is 67.8 cm³/mol. The summed E-state index contributed by atoms with van der Waals surface area (Å²) in [6.07, 6.45) is -5.39. The summed E-state index contributed by atoms with van der Waals surface area (Å²) in [4.78, 5) is 11.4. The van der Waals surface area contributed by atoms with E-state index in [9.17, 15) is 26.4 Å². The van der Waals surface area contributed by atoms with Crippen LogP contribution in [0.1, 0.15) is 27.2 Å². The van der Waals surface area contributed by atoms with Gasteiger partial charge < -0.3 is 10.1 Å². The van der Waals surface area contributed by atoms with Gasteiger partial charge in [-0.3, -0.25) is 0 Å². The second-order valence-electron chi connectivity index (χ2n) is 5.23. The molecule has 1 amide bonds. The lowest BCUT2D eigenvalue weighted by atomic mass is 10.2. The molecule has 0 spiro atoms. The van der Waals surface area contributed by atoms with E-state index in [-0.39, 0.29) is 0 Å². The highest BCUT2D eigenvalue weighted by molar-refractivity contribution is 7.93. The maximum absolute atomic E-state index is 12.3. The van der Waals surface area contributed by atoms with Crippen molar-refractivity contribution in [1.29, 1.82) is 0 Å². The number of ether oxygens (including phenoxy) is 1. The monoisotopic (exact) mass is 317 g/mol. The zero-order valence-electron chi connectivity index (χ0n) is 11.6. The van der Waals surface area contributed by atoms with E-state index in [4.69, 9.17) is 4.74 Å². The summed E-state index contributed by atoms with van der Waals surface area (Å²) in [5.41, 5.74) is -0.868. The largest absolute Gasteiger partial charge is 0.444 e. The number of amides is 1. The molecule has 0 heterocycles. The molecule has 0 aliphatic carbocycles. The molecule has 0 saturated carbocycles. The number of carbonyl (C=O) groups excluding carboxylic acids is 1. The lowest BCUT2D eigenvalue weighted by Gasteiger charge is -2.22. The fourth-order valence-electron chi connectivity index (χ4n) is 1.11. The quantitative estimate of drug-likeness (QED) is 0.864. The Labute approximate surface area is 116 Å². The Kier molecular flexibility index (Phi) is 6.06. The molecule has 0 saturated heterocycles. The molecule has 0 aliphatic heterocycles. The van der Waals surface area contributed by atoms with Gasteiger partial charge in [0.25, 0.3) is 0 Å². The maximum atomic E-state index is 12.3. The van der Waals surface area contributed by atoms with Gasteiger partial charge in [0, 0.05) is 11.7 Å². The Bertz CT molecular complexity index is 463. The number of rotatable bonds is 4. The zero-order valence-corrected chi connectivity index (χ0v) is 12.4. The Morgan fingerprint density at radius 2 is 1.80 bits per heavy atom. The van der Waals surface area contributed by atoms with Crippen LogP contribution in [-0.4, -0.2) is 38.6 Å². The highest BCUT2D eigenvalue weighted by Gasteiger charge is 2.32. The molecule has 1 atom stereocenters. The first-order valence-electron chi connectivity index (χ1n) is 5.62. The summed E-state index contributed by atoms with van der Waals surface area (Å²) in [5, 5.41) is 2.58. The molecule has 0 radical (unpaired) electrons. The number of nitrogens with one attached hydrogen (secondary N) is 1. The molecular weight excluding hydrogens is 299 g/mol. The molecule has 9 heteroatoms. The van der Waals surface area contributed by atoms with Gasteiger partial charge in [-0.1, -0.05) is 6.08 Å². The van der Waals surface area contributed by atoms with Crippen LogP contribution >= 0.6 is 0 Å². The van der Waals surface area contributed by atoms with Crippen LogP contribution < -0.4 is 5.32 Å². The second-order valence-corrected chi connectivity index (χ2v) is 7.16. The van der Waals surface area contributed by atoms with E-state index in [0.29, 0.717) is 5.41 Å². The normalized spacial score (nSPS) is 15.2. The van der Waals surface area contributed by atoms with E-state index in [2.05, 4.69) is 0 Å². The number of hydrogen-bond acceptors (Lipinski definition) is 4. The molecule has 0 aromatic rings. The molecular formula is C11H18F3NO4S. The minimum absolute atomic E-state index is 0.612. The molecule has 0 aliphatic rings. The van der Waals surface area contributed by atoms with Gasteiger partial charge in [-0.05, 0) is 20.8 Å². The lowest BCUT2D eigenvalue weighted by Crippen LogP contribution is -2.40. The molecule has 1 N–H and O–H groups in total. The van der Waals surface area contributed by atoms with E-state index in [0.717, 1.165) is 12.3 Å². The summed E-state index contributed by atoms with van der Waals surface area (Å²) in [6.45, 7) is 4.66. The SMILES string of the molecule is CC(C)(C)OC(=O)N[C@@H](/C=C\S(C)(=O)=O)CC(F)(F)F. The summed E-state index contributed by atoms with van der Waals surface area (Å²) >= 11 is 0. The first-order valence-corrected chi connectivity index (χ1v) is 7.58. The molecule has 0 aromatic carbocycles. The number of carbonyl (C=O) groups is 1. The molecule has 5 nitrogen and oxygen atoms in total. The van der Waals surface area contributed by atoms with E-state index in [1.807, 2.05) is 5.32 Å². The van der Waals surface area contributed by atoms with Gasteiger partial charge in [-0.2, -0.15) is 13.2 Å². The molecule has 0 aromatic heterocycles. The van der Waals surface area contributed by atoms with Crippen molar-refractivity contribution < 1.29 is 31.1 Å². The van der Waals surface area contributed by atoms with Crippen LogP contribution in [0.15, 0.2) is 11.5 Å². The first-order chi connectivity index (χ1) is 8.68. The Hall–Kier alpha value is -1.25. The van der Waals surface area contributed by atoms with Crippen molar-refractivity contribution in [3.63, 3.8) is 0 Å². The van der Waals surface area contributed by atoms with E-state index < -0.39 is 40.2 Å². The van der Waals surface area contributed by atoms with E-state index in [1.54, 1.807) is 20.8 Å². The number of alkyl halides is 3. The van der Waals surface area contributed by atoms with E-state index >= 15 is 0 Å². The third-order valence-electron chi connectivity index (χ3n) is 1.71. The fourth-order valence-corrected chi connectivity index (χ4v) is 1.59. The molecule has 0 rings (SSSR count).